The highest BCUT2D eigenvalue weighted by Crippen LogP contribution is 2.08. The standard InChI is InChI=1S/C10H21IO/c11-9-7-5-3-1-2-4-6-8-10-12/h12H,1-10H2. The highest BCUT2D eigenvalue weighted by Gasteiger charge is 1.90. The van der Waals surface area contributed by atoms with Gasteiger partial charge in [0.2, 0.25) is 0 Å². The van der Waals surface area contributed by atoms with E-state index in [0.717, 1.165) is 6.42 Å². The van der Waals surface area contributed by atoms with E-state index in [1.54, 1.807) is 0 Å². The van der Waals surface area contributed by atoms with Gasteiger partial charge in [0, 0.05) is 6.61 Å². The van der Waals surface area contributed by atoms with Crippen LogP contribution in [0.5, 0.6) is 0 Å². The molecule has 74 valence electrons. The highest BCUT2D eigenvalue weighted by atomic mass is 127. The summed E-state index contributed by atoms with van der Waals surface area (Å²) < 4.78 is 1.31. The molecule has 1 nitrogen and oxygen atoms in total. The fraction of sp³-hybridized carbons (Fsp3) is 1.00. The van der Waals surface area contributed by atoms with Gasteiger partial charge in [0.05, 0.1) is 0 Å². The maximum Gasteiger partial charge on any atom is 0.0431 e. The van der Waals surface area contributed by atoms with Crippen LogP contribution < -0.4 is 0 Å². The lowest BCUT2D eigenvalue weighted by Crippen LogP contribution is -1.84. The first-order valence-electron chi connectivity index (χ1n) is 5.08. The molecular weight excluding hydrogens is 263 g/mol. The van der Waals surface area contributed by atoms with Crippen LogP contribution in [-0.4, -0.2) is 16.1 Å². The second kappa shape index (κ2) is 11.7. The van der Waals surface area contributed by atoms with E-state index in [1.165, 1.54) is 49.4 Å². The Morgan fingerprint density at radius 2 is 1.08 bits per heavy atom. The SMILES string of the molecule is OCCCCCCCCCCI. The summed E-state index contributed by atoms with van der Waals surface area (Å²) in [5, 5.41) is 8.54. The normalized spacial score (nSPS) is 10.5. The molecule has 0 unspecified atom stereocenters. The average molecular weight is 284 g/mol. The number of unbranched alkanes of at least 4 members (excludes halogenated alkanes) is 7. The van der Waals surface area contributed by atoms with Crippen LogP contribution in [0.3, 0.4) is 0 Å². The second-order valence-electron chi connectivity index (χ2n) is 3.24. The van der Waals surface area contributed by atoms with Gasteiger partial charge in [-0.05, 0) is 17.3 Å². The summed E-state index contributed by atoms with van der Waals surface area (Å²) in [5.41, 5.74) is 0. The molecule has 0 radical (unpaired) electrons. The van der Waals surface area contributed by atoms with E-state index in [2.05, 4.69) is 22.6 Å². The first-order valence-corrected chi connectivity index (χ1v) is 6.61. The van der Waals surface area contributed by atoms with Crippen molar-refractivity contribution in [2.24, 2.45) is 0 Å². The molecule has 0 fully saturated rings. The minimum atomic E-state index is 0.370. The van der Waals surface area contributed by atoms with E-state index in [1.807, 2.05) is 0 Å². The summed E-state index contributed by atoms with van der Waals surface area (Å²) >= 11 is 2.44. The van der Waals surface area contributed by atoms with Crippen molar-refractivity contribution >= 4 is 22.6 Å². The predicted molar refractivity (Wildman–Crippen MR) is 62.9 cm³/mol. The lowest BCUT2D eigenvalue weighted by Gasteiger charge is -1.99. The molecule has 0 heterocycles. The smallest absolute Gasteiger partial charge is 0.0431 e. The Kier molecular flexibility index (Phi) is 12.4. The van der Waals surface area contributed by atoms with Gasteiger partial charge < -0.3 is 5.11 Å². The number of alkyl halides is 1. The van der Waals surface area contributed by atoms with E-state index in [4.69, 9.17) is 5.11 Å². The van der Waals surface area contributed by atoms with Crippen LogP contribution in [0.15, 0.2) is 0 Å². The number of aliphatic hydroxyl groups excluding tert-OH is 1. The summed E-state index contributed by atoms with van der Waals surface area (Å²) in [4.78, 5) is 0. The third-order valence-corrected chi connectivity index (χ3v) is 2.80. The maximum atomic E-state index is 8.54. The summed E-state index contributed by atoms with van der Waals surface area (Å²) in [7, 11) is 0. The van der Waals surface area contributed by atoms with E-state index < -0.39 is 0 Å². The average Bonchev–Trinajstić information content (AvgIpc) is 2.10. The second-order valence-corrected chi connectivity index (χ2v) is 4.32. The summed E-state index contributed by atoms with van der Waals surface area (Å²) in [5.74, 6) is 0. The number of aliphatic hydroxyl groups is 1. The Bertz CT molecular complexity index is 66.2. The van der Waals surface area contributed by atoms with Gasteiger partial charge in [-0.2, -0.15) is 0 Å². The van der Waals surface area contributed by atoms with Gasteiger partial charge in [-0.15, -0.1) is 0 Å². The number of hydrogen-bond donors (Lipinski definition) is 1. The molecule has 0 aromatic rings. The van der Waals surface area contributed by atoms with Crippen LogP contribution in [0.2, 0.25) is 0 Å². The fourth-order valence-corrected chi connectivity index (χ4v) is 1.81. The van der Waals surface area contributed by atoms with E-state index in [9.17, 15) is 0 Å². The Morgan fingerprint density at radius 3 is 1.50 bits per heavy atom. The van der Waals surface area contributed by atoms with Gasteiger partial charge >= 0.3 is 0 Å². The quantitative estimate of drug-likeness (QED) is 0.390. The Hall–Kier alpha value is 0.690. The van der Waals surface area contributed by atoms with Crippen molar-refractivity contribution < 1.29 is 5.11 Å². The van der Waals surface area contributed by atoms with Crippen LogP contribution in [0.4, 0.5) is 0 Å². The highest BCUT2D eigenvalue weighted by molar-refractivity contribution is 14.1. The zero-order valence-electron chi connectivity index (χ0n) is 7.90. The number of rotatable bonds is 9. The molecule has 0 saturated heterocycles. The van der Waals surface area contributed by atoms with Crippen molar-refractivity contribution in [1.29, 1.82) is 0 Å². The molecule has 0 saturated carbocycles. The third kappa shape index (κ3) is 10.7. The molecule has 0 rings (SSSR count). The third-order valence-electron chi connectivity index (χ3n) is 2.04. The number of hydrogen-bond acceptors (Lipinski definition) is 1. The minimum absolute atomic E-state index is 0.370. The fourth-order valence-electron chi connectivity index (χ4n) is 1.27. The van der Waals surface area contributed by atoms with Crippen LogP contribution in [0.25, 0.3) is 0 Å². The van der Waals surface area contributed by atoms with E-state index >= 15 is 0 Å². The first kappa shape index (κ1) is 12.7. The Balaban J connectivity index is 2.73. The molecule has 0 bridgehead atoms. The summed E-state index contributed by atoms with van der Waals surface area (Å²) in [6.07, 6.45) is 10.5. The van der Waals surface area contributed by atoms with Crippen LogP contribution in [0, 0.1) is 0 Å². The zero-order valence-corrected chi connectivity index (χ0v) is 10.1. The zero-order chi connectivity index (χ0) is 9.07. The van der Waals surface area contributed by atoms with Gasteiger partial charge in [0.15, 0.2) is 0 Å². The van der Waals surface area contributed by atoms with Crippen molar-refractivity contribution in [2.75, 3.05) is 11.0 Å². The summed E-state index contributed by atoms with van der Waals surface area (Å²) in [6.45, 7) is 0.370. The molecule has 0 atom stereocenters. The van der Waals surface area contributed by atoms with Crippen molar-refractivity contribution in [3.63, 3.8) is 0 Å². The molecule has 1 N–H and O–H groups in total. The molecule has 0 aliphatic rings. The number of halogens is 1. The largest absolute Gasteiger partial charge is 0.396 e. The maximum absolute atomic E-state index is 8.54. The van der Waals surface area contributed by atoms with Gasteiger partial charge in [0.1, 0.15) is 0 Å². The first-order chi connectivity index (χ1) is 5.91. The monoisotopic (exact) mass is 284 g/mol. The Morgan fingerprint density at radius 1 is 0.667 bits per heavy atom. The molecule has 0 aromatic carbocycles. The minimum Gasteiger partial charge on any atom is -0.396 e. The molecule has 0 aliphatic carbocycles. The van der Waals surface area contributed by atoms with E-state index in [-0.39, 0.29) is 0 Å². The molecule has 12 heavy (non-hydrogen) atoms. The lowest BCUT2D eigenvalue weighted by atomic mass is 10.1. The topological polar surface area (TPSA) is 20.2 Å². The molecule has 0 aromatic heterocycles. The Labute approximate surface area is 90.1 Å². The van der Waals surface area contributed by atoms with Crippen LogP contribution in [-0.2, 0) is 0 Å². The van der Waals surface area contributed by atoms with Crippen molar-refractivity contribution in [2.45, 2.75) is 51.4 Å². The van der Waals surface area contributed by atoms with Crippen LogP contribution in [0.1, 0.15) is 51.4 Å². The van der Waals surface area contributed by atoms with Crippen molar-refractivity contribution in [1.82, 2.24) is 0 Å². The molecule has 2 heteroatoms. The van der Waals surface area contributed by atoms with Gasteiger partial charge in [-0.25, -0.2) is 0 Å². The van der Waals surface area contributed by atoms with Crippen LogP contribution >= 0.6 is 22.6 Å². The molecule has 0 aliphatic heterocycles. The van der Waals surface area contributed by atoms with Gasteiger partial charge in [0.25, 0.3) is 0 Å². The van der Waals surface area contributed by atoms with Crippen molar-refractivity contribution in [3.05, 3.63) is 0 Å². The lowest BCUT2D eigenvalue weighted by molar-refractivity contribution is 0.282. The molecular formula is C10H21IO. The van der Waals surface area contributed by atoms with Gasteiger partial charge in [-0.1, -0.05) is 61.1 Å². The predicted octanol–water partition coefficient (Wildman–Crippen LogP) is 3.53. The summed E-state index contributed by atoms with van der Waals surface area (Å²) in [6, 6.07) is 0. The molecule has 0 spiro atoms. The van der Waals surface area contributed by atoms with E-state index in [0.29, 0.717) is 6.61 Å². The molecule has 0 amide bonds. The van der Waals surface area contributed by atoms with Crippen molar-refractivity contribution in [3.8, 4) is 0 Å². The van der Waals surface area contributed by atoms with Gasteiger partial charge in [-0.3, -0.25) is 0 Å².